The molecule has 0 saturated carbocycles. The van der Waals surface area contributed by atoms with Crippen LogP contribution in [0.4, 0.5) is 0 Å². The molecule has 0 aliphatic rings. The minimum absolute atomic E-state index is 0.636. The summed E-state index contributed by atoms with van der Waals surface area (Å²) in [5.74, 6) is 0.766. The number of fused-ring (bicyclic) bond motifs is 1. The highest BCUT2D eigenvalue weighted by molar-refractivity contribution is 5.87. The van der Waals surface area contributed by atoms with Crippen LogP contribution in [-0.4, -0.2) is 30.1 Å². The Bertz CT molecular complexity index is 817. The van der Waals surface area contributed by atoms with Crippen molar-refractivity contribution in [2.24, 2.45) is 0 Å². The SMILES string of the molecule is CCCCc1cc2ccccc2c(OCCN(C)Cc2ccccc2)n1. The molecule has 136 valence electrons. The zero-order chi connectivity index (χ0) is 18.2. The molecule has 0 amide bonds. The number of pyridine rings is 1. The van der Waals surface area contributed by atoms with Crippen molar-refractivity contribution in [2.45, 2.75) is 32.7 Å². The number of likely N-dealkylation sites (N-methyl/N-ethyl adjacent to an activating group) is 1. The third kappa shape index (κ3) is 5.06. The third-order valence-electron chi connectivity index (χ3n) is 4.55. The monoisotopic (exact) mass is 348 g/mol. The van der Waals surface area contributed by atoms with E-state index in [1.807, 2.05) is 6.07 Å². The first kappa shape index (κ1) is 18.4. The van der Waals surface area contributed by atoms with E-state index in [1.165, 1.54) is 17.4 Å². The van der Waals surface area contributed by atoms with Gasteiger partial charge < -0.3 is 4.74 Å². The van der Waals surface area contributed by atoms with Gasteiger partial charge in [0.15, 0.2) is 0 Å². The van der Waals surface area contributed by atoms with Crippen molar-refractivity contribution in [3.63, 3.8) is 0 Å². The average Bonchev–Trinajstić information content (AvgIpc) is 2.67. The van der Waals surface area contributed by atoms with Gasteiger partial charge in [-0.1, -0.05) is 61.9 Å². The minimum Gasteiger partial charge on any atom is -0.476 e. The van der Waals surface area contributed by atoms with Crippen LogP contribution in [-0.2, 0) is 13.0 Å². The largest absolute Gasteiger partial charge is 0.476 e. The lowest BCUT2D eigenvalue weighted by atomic mass is 10.1. The molecule has 0 bridgehead atoms. The molecule has 0 fully saturated rings. The molecule has 3 aromatic rings. The Morgan fingerprint density at radius 2 is 1.77 bits per heavy atom. The molecule has 1 heterocycles. The molecule has 0 aliphatic heterocycles. The Balaban J connectivity index is 1.64. The van der Waals surface area contributed by atoms with Gasteiger partial charge in [0.25, 0.3) is 0 Å². The summed E-state index contributed by atoms with van der Waals surface area (Å²) in [6.45, 7) is 4.64. The molecule has 0 N–H and O–H groups in total. The number of aryl methyl sites for hydroxylation is 1. The van der Waals surface area contributed by atoms with E-state index >= 15 is 0 Å². The summed E-state index contributed by atoms with van der Waals surface area (Å²) in [6.07, 6.45) is 3.34. The highest BCUT2D eigenvalue weighted by atomic mass is 16.5. The standard InChI is InChI=1S/C23H28N2O/c1-3-4-13-21-17-20-12-8-9-14-22(20)23(24-21)26-16-15-25(2)18-19-10-6-5-7-11-19/h5-12,14,17H,3-4,13,15-16,18H2,1-2H3. The summed E-state index contributed by atoms with van der Waals surface area (Å²) in [5.41, 5.74) is 2.44. The molecule has 0 aliphatic carbocycles. The smallest absolute Gasteiger partial charge is 0.221 e. The lowest BCUT2D eigenvalue weighted by molar-refractivity contribution is 0.229. The number of hydrogen-bond donors (Lipinski definition) is 0. The molecule has 1 aromatic heterocycles. The molecular formula is C23H28N2O. The number of benzene rings is 2. The molecule has 3 rings (SSSR count). The van der Waals surface area contributed by atoms with Gasteiger partial charge in [0.05, 0.1) is 0 Å². The van der Waals surface area contributed by atoms with E-state index in [2.05, 4.69) is 73.5 Å². The van der Waals surface area contributed by atoms with E-state index in [-0.39, 0.29) is 0 Å². The number of aromatic nitrogens is 1. The van der Waals surface area contributed by atoms with E-state index in [4.69, 9.17) is 9.72 Å². The first-order valence-corrected chi connectivity index (χ1v) is 9.50. The van der Waals surface area contributed by atoms with Gasteiger partial charge >= 0.3 is 0 Å². The predicted octanol–water partition coefficient (Wildman–Crippen LogP) is 5.09. The fourth-order valence-corrected chi connectivity index (χ4v) is 3.09. The van der Waals surface area contributed by atoms with Crippen LogP contribution in [0.5, 0.6) is 5.88 Å². The zero-order valence-corrected chi connectivity index (χ0v) is 15.8. The van der Waals surface area contributed by atoms with Crippen LogP contribution in [0.2, 0.25) is 0 Å². The quantitative estimate of drug-likeness (QED) is 0.539. The molecule has 0 saturated heterocycles. The molecule has 0 unspecified atom stereocenters. The molecule has 26 heavy (non-hydrogen) atoms. The van der Waals surface area contributed by atoms with Gasteiger partial charge in [-0.3, -0.25) is 4.90 Å². The second kappa shape index (κ2) is 9.35. The zero-order valence-electron chi connectivity index (χ0n) is 15.8. The first-order valence-electron chi connectivity index (χ1n) is 9.50. The molecule has 2 aromatic carbocycles. The number of nitrogens with zero attached hydrogens (tertiary/aromatic N) is 2. The highest BCUT2D eigenvalue weighted by Gasteiger charge is 2.08. The Morgan fingerprint density at radius 3 is 2.58 bits per heavy atom. The van der Waals surface area contributed by atoms with Crippen LogP contribution in [0, 0.1) is 0 Å². The van der Waals surface area contributed by atoms with E-state index < -0.39 is 0 Å². The van der Waals surface area contributed by atoms with Gasteiger partial charge in [-0.05, 0) is 43.0 Å². The van der Waals surface area contributed by atoms with E-state index in [1.54, 1.807) is 0 Å². The van der Waals surface area contributed by atoms with Crippen LogP contribution in [0.3, 0.4) is 0 Å². The minimum atomic E-state index is 0.636. The maximum atomic E-state index is 6.10. The van der Waals surface area contributed by atoms with Gasteiger partial charge in [-0.25, -0.2) is 4.98 Å². The van der Waals surface area contributed by atoms with Crippen LogP contribution >= 0.6 is 0 Å². The molecule has 3 nitrogen and oxygen atoms in total. The Kier molecular flexibility index (Phi) is 6.62. The van der Waals surface area contributed by atoms with Crippen LogP contribution in [0.15, 0.2) is 60.7 Å². The molecule has 3 heteroatoms. The Morgan fingerprint density at radius 1 is 1.00 bits per heavy atom. The summed E-state index contributed by atoms with van der Waals surface area (Å²) in [4.78, 5) is 7.05. The van der Waals surface area contributed by atoms with E-state index in [9.17, 15) is 0 Å². The number of rotatable bonds is 9. The first-order chi connectivity index (χ1) is 12.8. The number of ether oxygens (including phenoxy) is 1. The summed E-state index contributed by atoms with van der Waals surface area (Å²) in [7, 11) is 2.12. The topological polar surface area (TPSA) is 25.4 Å². The fourth-order valence-electron chi connectivity index (χ4n) is 3.09. The molecule has 0 atom stereocenters. The van der Waals surface area contributed by atoms with Gasteiger partial charge in [0.2, 0.25) is 5.88 Å². The number of hydrogen-bond acceptors (Lipinski definition) is 3. The van der Waals surface area contributed by atoms with Crippen molar-refractivity contribution in [2.75, 3.05) is 20.2 Å². The van der Waals surface area contributed by atoms with Crippen molar-refractivity contribution in [1.29, 1.82) is 0 Å². The number of unbranched alkanes of at least 4 members (excludes halogenated alkanes) is 1. The van der Waals surface area contributed by atoms with Gasteiger partial charge in [0, 0.05) is 24.2 Å². The van der Waals surface area contributed by atoms with Gasteiger partial charge in [-0.15, -0.1) is 0 Å². The lowest BCUT2D eigenvalue weighted by Crippen LogP contribution is -2.24. The Hall–Kier alpha value is -2.39. The van der Waals surface area contributed by atoms with Crippen molar-refractivity contribution in [1.82, 2.24) is 9.88 Å². The lowest BCUT2D eigenvalue weighted by Gasteiger charge is -2.17. The van der Waals surface area contributed by atoms with Crippen molar-refractivity contribution < 1.29 is 4.74 Å². The van der Waals surface area contributed by atoms with Crippen LogP contribution in [0.1, 0.15) is 31.0 Å². The van der Waals surface area contributed by atoms with Crippen molar-refractivity contribution >= 4 is 10.8 Å². The highest BCUT2D eigenvalue weighted by Crippen LogP contribution is 2.25. The van der Waals surface area contributed by atoms with Crippen molar-refractivity contribution in [3.8, 4) is 5.88 Å². The average molecular weight is 348 g/mol. The predicted molar refractivity (Wildman–Crippen MR) is 109 cm³/mol. The van der Waals surface area contributed by atoms with Crippen LogP contribution < -0.4 is 4.74 Å². The van der Waals surface area contributed by atoms with Crippen molar-refractivity contribution in [3.05, 3.63) is 71.9 Å². The summed E-state index contributed by atoms with van der Waals surface area (Å²) in [6, 6.07) is 21.1. The molecule has 0 radical (unpaired) electrons. The summed E-state index contributed by atoms with van der Waals surface area (Å²) < 4.78 is 6.10. The second-order valence-corrected chi connectivity index (χ2v) is 6.82. The maximum Gasteiger partial charge on any atom is 0.221 e. The fraction of sp³-hybridized carbons (Fsp3) is 0.348. The second-order valence-electron chi connectivity index (χ2n) is 6.82. The summed E-state index contributed by atoms with van der Waals surface area (Å²) in [5, 5.41) is 2.31. The van der Waals surface area contributed by atoms with Crippen LogP contribution in [0.25, 0.3) is 10.8 Å². The van der Waals surface area contributed by atoms with E-state index in [0.29, 0.717) is 6.61 Å². The summed E-state index contributed by atoms with van der Waals surface area (Å²) >= 11 is 0. The van der Waals surface area contributed by atoms with E-state index in [0.717, 1.165) is 42.9 Å². The van der Waals surface area contributed by atoms with Gasteiger partial charge in [0.1, 0.15) is 6.61 Å². The maximum absolute atomic E-state index is 6.10. The molecular weight excluding hydrogens is 320 g/mol. The normalized spacial score (nSPS) is 11.2. The van der Waals surface area contributed by atoms with Gasteiger partial charge in [-0.2, -0.15) is 0 Å². The third-order valence-corrected chi connectivity index (χ3v) is 4.55. The Labute approximate surface area is 156 Å². The molecule has 0 spiro atoms.